The molecule has 0 aliphatic rings. The van der Waals surface area contributed by atoms with Crippen molar-refractivity contribution in [2.75, 3.05) is 5.75 Å². The molecule has 1 atom stereocenters. The van der Waals surface area contributed by atoms with Crippen molar-refractivity contribution in [2.45, 2.75) is 6.92 Å². The van der Waals surface area contributed by atoms with Crippen LogP contribution in [0.15, 0.2) is 24.1 Å². The molecule has 0 heterocycles. The molecule has 0 aliphatic heterocycles. The molecular formula is C6H10OS2. The highest BCUT2D eigenvalue weighted by Gasteiger charge is 1.90. The van der Waals surface area contributed by atoms with E-state index in [4.69, 9.17) is 0 Å². The topological polar surface area (TPSA) is 17.1 Å². The van der Waals surface area contributed by atoms with Gasteiger partial charge in [0.15, 0.2) is 0 Å². The second-order valence-corrected chi connectivity index (χ2v) is 4.42. The normalized spacial score (nSPS) is 13.9. The highest BCUT2D eigenvalue weighted by molar-refractivity contribution is 8.70. The lowest BCUT2D eigenvalue weighted by Crippen LogP contribution is -1.83. The summed E-state index contributed by atoms with van der Waals surface area (Å²) in [5.74, 6) is 0.564. The molecule has 0 bridgehead atoms. The number of rotatable bonds is 4. The maximum absolute atomic E-state index is 10.8. The van der Waals surface area contributed by atoms with E-state index in [1.807, 2.05) is 18.4 Å². The van der Waals surface area contributed by atoms with Gasteiger partial charge in [0.05, 0.1) is 15.6 Å². The van der Waals surface area contributed by atoms with Crippen molar-refractivity contribution >= 4 is 20.6 Å². The van der Waals surface area contributed by atoms with Crippen LogP contribution in [0, 0.1) is 0 Å². The molecule has 0 saturated heterocycles. The first kappa shape index (κ1) is 8.98. The maximum Gasteiger partial charge on any atom is 0.0884 e. The molecule has 0 unspecified atom stereocenters. The molecule has 0 aromatic heterocycles. The highest BCUT2D eigenvalue weighted by Crippen LogP contribution is 2.08. The van der Waals surface area contributed by atoms with Gasteiger partial charge in [-0.1, -0.05) is 12.2 Å². The van der Waals surface area contributed by atoms with E-state index in [9.17, 15) is 4.21 Å². The largest absolute Gasteiger partial charge is 0.247 e. The molecule has 0 rings (SSSR count). The van der Waals surface area contributed by atoms with Gasteiger partial charge in [0.25, 0.3) is 0 Å². The molecule has 0 N–H and O–H groups in total. The minimum atomic E-state index is -0.808. The first-order valence-electron chi connectivity index (χ1n) is 2.58. The van der Waals surface area contributed by atoms with Crippen molar-refractivity contribution in [1.82, 2.24) is 0 Å². The lowest BCUT2D eigenvalue weighted by atomic mass is 10.8. The van der Waals surface area contributed by atoms with E-state index in [0.29, 0.717) is 5.75 Å². The molecule has 0 spiro atoms. The average Bonchev–Trinajstić information content (AvgIpc) is 1.85. The average molecular weight is 162 g/mol. The molecule has 3 heteroatoms. The summed E-state index contributed by atoms with van der Waals surface area (Å²) in [6, 6.07) is 0. The van der Waals surface area contributed by atoms with E-state index in [0.717, 1.165) is 0 Å². The van der Waals surface area contributed by atoms with Crippen molar-refractivity contribution in [3.8, 4) is 0 Å². The van der Waals surface area contributed by atoms with E-state index in [1.165, 1.54) is 10.8 Å². The van der Waals surface area contributed by atoms with Crippen molar-refractivity contribution in [2.24, 2.45) is 0 Å². The van der Waals surface area contributed by atoms with Crippen molar-refractivity contribution in [1.29, 1.82) is 0 Å². The lowest BCUT2D eigenvalue weighted by molar-refractivity contribution is 0.693. The molecule has 0 saturated carbocycles. The van der Waals surface area contributed by atoms with Gasteiger partial charge in [-0.2, -0.15) is 0 Å². The summed E-state index contributed by atoms with van der Waals surface area (Å²) in [7, 11) is 0.513. The van der Waals surface area contributed by atoms with Crippen LogP contribution in [0.4, 0.5) is 0 Å². The van der Waals surface area contributed by atoms with Crippen LogP contribution in [0.5, 0.6) is 0 Å². The van der Waals surface area contributed by atoms with Gasteiger partial charge >= 0.3 is 0 Å². The Balaban J connectivity index is 3.38. The first-order chi connectivity index (χ1) is 4.31. The van der Waals surface area contributed by atoms with Gasteiger partial charge in [0, 0.05) is 0 Å². The van der Waals surface area contributed by atoms with Crippen LogP contribution in [0.25, 0.3) is 0 Å². The Bertz CT molecular complexity index is 129. The van der Waals surface area contributed by atoms with E-state index in [2.05, 4.69) is 6.58 Å². The summed E-state index contributed by atoms with van der Waals surface area (Å²) in [6.45, 7) is 5.38. The third-order valence-corrected chi connectivity index (χ3v) is 3.04. The van der Waals surface area contributed by atoms with Crippen LogP contribution in [0.3, 0.4) is 0 Å². The monoisotopic (exact) mass is 162 g/mol. The molecule has 52 valence electrons. The summed E-state index contributed by atoms with van der Waals surface area (Å²) in [4.78, 5) is 0. The van der Waals surface area contributed by atoms with Crippen LogP contribution in [0.2, 0.25) is 0 Å². The summed E-state index contributed by atoms with van der Waals surface area (Å²) in [5.41, 5.74) is 0. The Morgan fingerprint density at radius 2 is 2.44 bits per heavy atom. The third kappa shape index (κ3) is 5.86. The van der Waals surface area contributed by atoms with Crippen molar-refractivity contribution in [3.05, 3.63) is 24.1 Å². The Hall–Kier alpha value is -0.0200. The molecule has 0 aromatic carbocycles. The number of hydrogen-bond donors (Lipinski definition) is 0. The fraction of sp³-hybridized carbons (Fsp3) is 0.333. The van der Waals surface area contributed by atoms with Crippen LogP contribution in [-0.4, -0.2) is 9.96 Å². The van der Waals surface area contributed by atoms with E-state index in [-0.39, 0.29) is 0 Å². The first-order valence-corrected chi connectivity index (χ1v) is 5.30. The predicted octanol–water partition coefficient (Wildman–Crippen LogP) is 2.10. The zero-order valence-electron chi connectivity index (χ0n) is 5.37. The lowest BCUT2D eigenvalue weighted by Gasteiger charge is -1.87. The minimum Gasteiger partial charge on any atom is -0.247 e. The zero-order valence-corrected chi connectivity index (χ0v) is 7.00. The van der Waals surface area contributed by atoms with Gasteiger partial charge in [-0.05, 0) is 23.1 Å². The van der Waals surface area contributed by atoms with Gasteiger partial charge in [0.1, 0.15) is 0 Å². The van der Waals surface area contributed by atoms with Gasteiger partial charge in [-0.25, -0.2) is 4.21 Å². The fourth-order valence-corrected chi connectivity index (χ4v) is 1.99. The maximum atomic E-state index is 10.8. The summed E-state index contributed by atoms with van der Waals surface area (Å²) in [6.07, 6.45) is 3.53. The summed E-state index contributed by atoms with van der Waals surface area (Å²) >= 11 is 0. The quantitative estimate of drug-likeness (QED) is 0.465. The van der Waals surface area contributed by atoms with E-state index in [1.54, 1.807) is 6.08 Å². The van der Waals surface area contributed by atoms with Crippen LogP contribution >= 0.6 is 10.8 Å². The highest BCUT2D eigenvalue weighted by atomic mass is 33.1. The standard InChI is InChI=1S/C6H10OS2/c1-3-5-8-9(7)6-4-2/h3-5H,2,6H2,1H3/b5-3+/t9-/m0/s1. The van der Waals surface area contributed by atoms with Gasteiger partial charge in [0.2, 0.25) is 0 Å². The van der Waals surface area contributed by atoms with Crippen LogP contribution in [-0.2, 0) is 9.83 Å². The summed E-state index contributed by atoms with van der Waals surface area (Å²) < 4.78 is 10.8. The molecule has 0 aromatic rings. The molecule has 0 aliphatic carbocycles. The molecule has 0 amide bonds. The van der Waals surface area contributed by atoms with Gasteiger partial charge in [-0.15, -0.1) is 6.58 Å². The Kier molecular flexibility index (Phi) is 6.09. The van der Waals surface area contributed by atoms with Gasteiger partial charge < -0.3 is 0 Å². The smallest absolute Gasteiger partial charge is 0.0884 e. The minimum absolute atomic E-state index is 0.564. The molecule has 0 fully saturated rings. The second kappa shape index (κ2) is 6.11. The predicted molar refractivity (Wildman–Crippen MR) is 45.6 cm³/mol. The molecule has 0 radical (unpaired) electrons. The van der Waals surface area contributed by atoms with E-state index < -0.39 is 9.83 Å². The Morgan fingerprint density at radius 1 is 1.78 bits per heavy atom. The SMILES string of the molecule is C=CC[S@@](=O)S/C=C/C. The number of hydrogen-bond acceptors (Lipinski definition) is 2. The third-order valence-electron chi connectivity index (χ3n) is 0.553. The molecule has 9 heavy (non-hydrogen) atoms. The molecule has 1 nitrogen and oxygen atoms in total. The number of allylic oxidation sites excluding steroid dienone is 1. The Morgan fingerprint density at radius 3 is 2.89 bits per heavy atom. The fourth-order valence-electron chi connectivity index (χ4n) is 0.253. The summed E-state index contributed by atoms with van der Waals surface area (Å²) in [5, 5.41) is 1.82. The second-order valence-electron chi connectivity index (χ2n) is 1.32. The Labute approximate surface area is 62.1 Å². The van der Waals surface area contributed by atoms with Crippen LogP contribution < -0.4 is 0 Å². The molecular weight excluding hydrogens is 152 g/mol. The zero-order chi connectivity index (χ0) is 7.11. The van der Waals surface area contributed by atoms with E-state index >= 15 is 0 Å². The van der Waals surface area contributed by atoms with Crippen molar-refractivity contribution < 1.29 is 4.21 Å². The van der Waals surface area contributed by atoms with Gasteiger partial charge in [-0.3, -0.25) is 0 Å². The van der Waals surface area contributed by atoms with Crippen LogP contribution in [0.1, 0.15) is 6.92 Å². The van der Waals surface area contributed by atoms with Crippen molar-refractivity contribution in [3.63, 3.8) is 0 Å².